The fraction of sp³-hybridized carbons (Fsp3) is 0.238. The van der Waals surface area contributed by atoms with E-state index < -0.39 is 5.97 Å². The molecule has 0 spiro atoms. The van der Waals surface area contributed by atoms with Crippen molar-refractivity contribution < 1.29 is 14.3 Å². The van der Waals surface area contributed by atoms with Crippen LogP contribution >= 0.6 is 0 Å². The molecule has 5 nitrogen and oxygen atoms in total. The largest absolute Gasteiger partial charge is 0.452 e. The van der Waals surface area contributed by atoms with E-state index in [1.807, 2.05) is 57.2 Å². The van der Waals surface area contributed by atoms with Crippen LogP contribution in [0, 0.1) is 13.8 Å². The molecular weight excluding hydrogens is 328 g/mol. The Bertz CT molecular complexity index is 945. The number of esters is 1. The first-order valence-corrected chi connectivity index (χ1v) is 8.56. The standard InChI is InChI=1S/C21H22N2O3/c1-13-14(2)22-19-10-9-17(11-18(13)19)21(25)26-12-20(24)23-15(3)16-7-5-4-6-8-16/h4-11,15,22H,12H2,1-3H3,(H,23,24)/t15-/m0/s1. The summed E-state index contributed by atoms with van der Waals surface area (Å²) in [4.78, 5) is 27.6. The summed E-state index contributed by atoms with van der Waals surface area (Å²) in [5.41, 5.74) is 4.58. The van der Waals surface area contributed by atoms with Crippen LogP contribution in [0.5, 0.6) is 0 Å². The summed E-state index contributed by atoms with van der Waals surface area (Å²) in [7, 11) is 0. The van der Waals surface area contributed by atoms with Crippen LogP contribution in [0.15, 0.2) is 48.5 Å². The van der Waals surface area contributed by atoms with Gasteiger partial charge in [0, 0.05) is 16.6 Å². The minimum absolute atomic E-state index is 0.149. The van der Waals surface area contributed by atoms with Crippen LogP contribution in [0.2, 0.25) is 0 Å². The number of rotatable bonds is 5. The van der Waals surface area contributed by atoms with Gasteiger partial charge < -0.3 is 15.0 Å². The highest BCUT2D eigenvalue weighted by Gasteiger charge is 2.14. The van der Waals surface area contributed by atoms with Gasteiger partial charge in [0.15, 0.2) is 6.61 Å². The molecule has 5 heteroatoms. The lowest BCUT2D eigenvalue weighted by atomic mass is 10.1. The fourth-order valence-electron chi connectivity index (χ4n) is 2.91. The SMILES string of the molecule is Cc1[nH]c2ccc(C(=O)OCC(=O)N[C@@H](C)c3ccccc3)cc2c1C. The number of fused-ring (bicyclic) bond motifs is 1. The van der Waals surface area contributed by atoms with E-state index in [2.05, 4.69) is 10.3 Å². The Morgan fingerprint density at radius 3 is 2.58 bits per heavy atom. The molecule has 3 aromatic rings. The van der Waals surface area contributed by atoms with Gasteiger partial charge in [0.05, 0.1) is 11.6 Å². The van der Waals surface area contributed by atoms with E-state index in [4.69, 9.17) is 4.74 Å². The first-order valence-electron chi connectivity index (χ1n) is 8.56. The topological polar surface area (TPSA) is 71.2 Å². The molecule has 0 aliphatic rings. The number of hydrogen-bond acceptors (Lipinski definition) is 3. The van der Waals surface area contributed by atoms with E-state index >= 15 is 0 Å². The molecule has 0 aliphatic carbocycles. The van der Waals surface area contributed by atoms with Gasteiger partial charge in [-0.1, -0.05) is 30.3 Å². The molecule has 0 radical (unpaired) electrons. The molecular formula is C21H22N2O3. The Morgan fingerprint density at radius 1 is 1.12 bits per heavy atom. The zero-order valence-electron chi connectivity index (χ0n) is 15.1. The Hall–Kier alpha value is -3.08. The van der Waals surface area contributed by atoms with Gasteiger partial charge in [0.25, 0.3) is 5.91 Å². The minimum Gasteiger partial charge on any atom is -0.452 e. The van der Waals surface area contributed by atoms with E-state index in [9.17, 15) is 9.59 Å². The van der Waals surface area contributed by atoms with Gasteiger partial charge in [-0.15, -0.1) is 0 Å². The predicted molar refractivity (Wildman–Crippen MR) is 101 cm³/mol. The maximum Gasteiger partial charge on any atom is 0.338 e. The summed E-state index contributed by atoms with van der Waals surface area (Å²) >= 11 is 0. The molecule has 26 heavy (non-hydrogen) atoms. The molecule has 0 saturated carbocycles. The van der Waals surface area contributed by atoms with Crippen molar-refractivity contribution in [3.05, 3.63) is 70.9 Å². The number of amides is 1. The Balaban J connectivity index is 1.60. The first kappa shape index (κ1) is 17.7. The maximum atomic E-state index is 12.3. The monoisotopic (exact) mass is 350 g/mol. The highest BCUT2D eigenvalue weighted by Crippen LogP contribution is 2.22. The Labute approximate surface area is 152 Å². The summed E-state index contributed by atoms with van der Waals surface area (Å²) in [6.45, 7) is 5.58. The zero-order chi connectivity index (χ0) is 18.7. The van der Waals surface area contributed by atoms with Crippen LogP contribution in [0.3, 0.4) is 0 Å². The number of hydrogen-bond donors (Lipinski definition) is 2. The van der Waals surface area contributed by atoms with Crippen molar-refractivity contribution in [2.75, 3.05) is 6.61 Å². The predicted octanol–water partition coefficient (Wildman–Crippen LogP) is 3.82. The fourth-order valence-corrected chi connectivity index (χ4v) is 2.91. The number of ether oxygens (including phenoxy) is 1. The van der Waals surface area contributed by atoms with Gasteiger partial charge >= 0.3 is 5.97 Å². The molecule has 1 heterocycles. The first-order chi connectivity index (χ1) is 12.5. The van der Waals surface area contributed by atoms with Gasteiger partial charge in [-0.3, -0.25) is 4.79 Å². The summed E-state index contributed by atoms with van der Waals surface area (Å²) in [6.07, 6.45) is 0. The molecule has 0 unspecified atom stereocenters. The van der Waals surface area contributed by atoms with Crippen LogP contribution in [0.25, 0.3) is 10.9 Å². The van der Waals surface area contributed by atoms with E-state index in [1.165, 1.54) is 0 Å². The number of aryl methyl sites for hydroxylation is 2. The molecule has 3 rings (SSSR count). The van der Waals surface area contributed by atoms with E-state index in [-0.39, 0.29) is 18.6 Å². The molecule has 1 amide bonds. The van der Waals surface area contributed by atoms with Crippen molar-refractivity contribution >= 4 is 22.8 Å². The molecule has 134 valence electrons. The van der Waals surface area contributed by atoms with Crippen LogP contribution in [-0.2, 0) is 9.53 Å². The highest BCUT2D eigenvalue weighted by atomic mass is 16.5. The Kier molecular flexibility index (Phi) is 5.07. The summed E-state index contributed by atoms with van der Waals surface area (Å²) < 4.78 is 5.16. The summed E-state index contributed by atoms with van der Waals surface area (Å²) in [6, 6.07) is 14.8. The lowest BCUT2D eigenvalue weighted by Crippen LogP contribution is -2.31. The molecule has 0 fully saturated rings. The normalized spacial score (nSPS) is 12.0. The van der Waals surface area contributed by atoms with Crippen molar-refractivity contribution in [1.82, 2.24) is 10.3 Å². The van der Waals surface area contributed by atoms with Crippen LogP contribution < -0.4 is 5.32 Å². The van der Waals surface area contributed by atoms with Crippen molar-refractivity contribution in [3.8, 4) is 0 Å². The number of carbonyl (C=O) groups excluding carboxylic acids is 2. The minimum atomic E-state index is -0.507. The number of benzene rings is 2. The van der Waals surface area contributed by atoms with Crippen molar-refractivity contribution in [1.29, 1.82) is 0 Å². The highest BCUT2D eigenvalue weighted by molar-refractivity contribution is 5.96. The van der Waals surface area contributed by atoms with Crippen LogP contribution in [0.1, 0.15) is 40.1 Å². The van der Waals surface area contributed by atoms with Crippen molar-refractivity contribution in [2.24, 2.45) is 0 Å². The van der Waals surface area contributed by atoms with Crippen molar-refractivity contribution in [3.63, 3.8) is 0 Å². The van der Waals surface area contributed by atoms with Gasteiger partial charge in [0.1, 0.15) is 0 Å². The van der Waals surface area contributed by atoms with Crippen LogP contribution in [0.4, 0.5) is 0 Å². The molecule has 2 aromatic carbocycles. The number of nitrogens with one attached hydrogen (secondary N) is 2. The zero-order valence-corrected chi connectivity index (χ0v) is 15.1. The smallest absolute Gasteiger partial charge is 0.338 e. The van der Waals surface area contributed by atoms with Gasteiger partial charge in [-0.2, -0.15) is 0 Å². The van der Waals surface area contributed by atoms with E-state index in [0.717, 1.165) is 27.7 Å². The third-order valence-electron chi connectivity index (χ3n) is 4.56. The summed E-state index contributed by atoms with van der Waals surface area (Å²) in [5, 5.41) is 3.81. The average Bonchev–Trinajstić information content (AvgIpc) is 2.94. The van der Waals surface area contributed by atoms with Gasteiger partial charge in [0.2, 0.25) is 0 Å². The lowest BCUT2D eigenvalue weighted by Gasteiger charge is -2.14. The second-order valence-corrected chi connectivity index (χ2v) is 6.41. The average molecular weight is 350 g/mol. The molecule has 2 N–H and O–H groups in total. The number of aromatic amines is 1. The number of H-pyrrole nitrogens is 1. The molecule has 1 atom stereocenters. The Morgan fingerprint density at radius 2 is 1.85 bits per heavy atom. The molecule has 0 aliphatic heterocycles. The third-order valence-corrected chi connectivity index (χ3v) is 4.56. The van der Waals surface area contributed by atoms with Crippen LogP contribution in [-0.4, -0.2) is 23.5 Å². The number of aromatic nitrogens is 1. The second-order valence-electron chi connectivity index (χ2n) is 6.41. The number of carbonyl (C=O) groups is 2. The third kappa shape index (κ3) is 3.77. The van der Waals surface area contributed by atoms with E-state index in [0.29, 0.717) is 5.56 Å². The molecule has 0 saturated heterocycles. The quantitative estimate of drug-likeness (QED) is 0.687. The maximum absolute atomic E-state index is 12.3. The second kappa shape index (κ2) is 7.44. The van der Waals surface area contributed by atoms with E-state index in [1.54, 1.807) is 12.1 Å². The van der Waals surface area contributed by atoms with Crippen molar-refractivity contribution in [2.45, 2.75) is 26.8 Å². The van der Waals surface area contributed by atoms with Gasteiger partial charge in [-0.25, -0.2) is 4.79 Å². The molecule has 0 bridgehead atoms. The van der Waals surface area contributed by atoms with Gasteiger partial charge in [-0.05, 0) is 50.1 Å². The summed E-state index contributed by atoms with van der Waals surface area (Å²) in [5.74, 6) is -0.836. The lowest BCUT2D eigenvalue weighted by molar-refractivity contribution is -0.124. The molecule has 1 aromatic heterocycles.